The van der Waals surface area contributed by atoms with Crippen molar-refractivity contribution in [3.63, 3.8) is 0 Å². The van der Waals surface area contributed by atoms with Crippen LogP contribution in [0.3, 0.4) is 0 Å². The molecule has 1 atom stereocenters. The molecule has 0 saturated carbocycles. The molecule has 0 aliphatic carbocycles. The molecule has 27 heavy (non-hydrogen) atoms. The largest absolute Gasteiger partial charge is 0.469 e. The Morgan fingerprint density at radius 2 is 2.37 bits per heavy atom. The number of carbonyl (C=O) groups excluding carboxylic acids is 1. The molecule has 6 nitrogen and oxygen atoms in total. The Balaban J connectivity index is 1.42. The van der Waals surface area contributed by atoms with Crippen molar-refractivity contribution >= 4 is 33.3 Å². The fourth-order valence-electron chi connectivity index (χ4n) is 3.61. The number of aromatic nitrogens is 2. The predicted molar refractivity (Wildman–Crippen MR) is 107 cm³/mol. The molecule has 0 spiro atoms. The summed E-state index contributed by atoms with van der Waals surface area (Å²) < 4.78 is 5.32. The summed E-state index contributed by atoms with van der Waals surface area (Å²) in [6, 6.07) is 6.00. The highest BCUT2D eigenvalue weighted by molar-refractivity contribution is 7.18. The lowest BCUT2D eigenvalue weighted by Crippen LogP contribution is -2.43. The van der Waals surface area contributed by atoms with E-state index in [1.165, 1.54) is 4.88 Å². The molecule has 1 aliphatic rings. The summed E-state index contributed by atoms with van der Waals surface area (Å²) in [4.78, 5) is 26.2. The van der Waals surface area contributed by atoms with Crippen LogP contribution in [0.15, 0.2) is 35.2 Å². The van der Waals surface area contributed by atoms with Crippen LogP contribution in [-0.2, 0) is 17.6 Å². The maximum atomic E-state index is 12.6. The number of rotatable bonds is 6. The zero-order valence-corrected chi connectivity index (χ0v) is 16.3. The first-order valence-electron chi connectivity index (χ1n) is 9.53. The number of anilines is 1. The normalized spacial score (nSPS) is 17.4. The third kappa shape index (κ3) is 3.98. The Bertz CT molecular complexity index is 906. The van der Waals surface area contributed by atoms with Gasteiger partial charge in [0.15, 0.2) is 0 Å². The first-order valence-corrected chi connectivity index (χ1v) is 10.3. The van der Waals surface area contributed by atoms with Crippen LogP contribution < -0.4 is 10.2 Å². The smallest absolute Gasteiger partial charge is 0.224 e. The Morgan fingerprint density at radius 1 is 1.44 bits per heavy atom. The highest BCUT2D eigenvalue weighted by Crippen LogP contribution is 2.32. The maximum absolute atomic E-state index is 12.6. The van der Waals surface area contributed by atoms with Crippen molar-refractivity contribution in [3.8, 4) is 0 Å². The van der Waals surface area contributed by atoms with Gasteiger partial charge in [-0.2, -0.15) is 0 Å². The topological polar surface area (TPSA) is 71.3 Å². The Labute approximate surface area is 162 Å². The number of fused-ring (bicyclic) bond motifs is 1. The van der Waals surface area contributed by atoms with Crippen molar-refractivity contribution in [1.82, 2.24) is 15.3 Å². The lowest BCUT2D eigenvalue weighted by molar-refractivity contribution is -0.125. The molecule has 3 aromatic heterocycles. The number of furan rings is 1. The second-order valence-corrected chi connectivity index (χ2v) is 8.00. The van der Waals surface area contributed by atoms with Gasteiger partial charge in [0.2, 0.25) is 5.91 Å². The number of hydrogen-bond donors (Lipinski definition) is 1. The van der Waals surface area contributed by atoms with E-state index in [0.29, 0.717) is 13.1 Å². The van der Waals surface area contributed by atoms with Crippen LogP contribution in [0.1, 0.15) is 30.4 Å². The fraction of sp³-hybridized carbons (Fsp3) is 0.450. The van der Waals surface area contributed by atoms with Gasteiger partial charge in [0.05, 0.1) is 17.6 Å². The zero-order chi connectivity index (χ0) is 18.6. The summed E-state index contributed by atoms with van der Waals surface area (Å²) in [5, 5.41) is 4.17. The van der Waals surface area contributed by atoms with Crippen molar-refractivity contribution in [2.24, 2.45) is 5.92 Å². The number of piperidine rings is 1. The molecule has 1 amide bonds. The SMILES string of the molecule is CCc1cc2c(N3CCCC(C(=O)NCCc4ccco4)C3)ncnc2s1. The van der Waals surface area contributed by atoms with Crippen LogP contribution in [0.5, 0.6) is 0 Å². The number of amides is 1. The minimum absolute atomic E-state index is 0.00959. The number of aryl methyl sites for hydroxylation is 1. The van der Waals surface area contributed by atoms with Crippen LogP contribution in [0.2, 0.25) is 0 Å². The van der Waals surface area contributed by atoms with Gasteiger partial charge in [0.1, 0.15) is 22.7 Å². The number of nitrogens with one attached hydrogen (secondary N) is 1. The second kappa shape index (κ2) is 8.08. The molecule has 1 N–H and O–H groups in total. The lowest BCUT2D eigenvalue weighted by atomic mass is 9.97. The first kappa shape index (κ1) is 18.0. The van der Waals surface area contributed by atoms with Gasteiger partial charge in [0, 0.05) is 30.9 Å². The van der Waals surface area contributed by atoms with Gasteiger partial charge >= 0.3 is 0 Å². The molecule has 4 heterocycles. The number of nitrogens with zero attached hydrogens (tertiary/aromatic N) is 3. The van der Waals surface area contributed by atoms with E-state index < -0.39 is 0 Å². The van der Waals surface area contributed by atoms with Crippen molar-refractivity contribution in [1.29, 1.82) is 0 Å². The summed E-state index contributed by atoms with van der Waals surface area (Å²) >= 11 is 1.73. The van der Waals surface area contributed by atoms with Crippen LogP contribution in [0.25, 0.3) is 10.2 Å². The average Bonchev–Trinajstić information content (AvgIpc) is 3.37. The molecule has 1 aliphatic heterocycles. The lowest BCUT2D eigenvalue weighted by Gasteiger charge is -2.33. The third-order valence-corrected chi connectivity index (χ3v) is 6.24. The van der Waals surface area contributed by atoms with Gasteiger partial charge in [-0.25, -0.2) is 9.97 Å². The van der Waals surface area contributed by atoms with Crippen molar-refractivity contribution in [2.45, 2.75) is 32.6 Å². The van der Waals surface area contributed by atoms with Crippen molar-refractivity contribution < 1.29 is 9.21 Å². The van der Waals surface area contributed by atoms with E-state index in [9.17, 15) is 4.79 Å². The number of carbonyl (C=O) groups is 1. The van der Waals surface area contributed by atoms with Gasteiger partial charge < -0.3 is 14.6 Å². The molecule has 3 aromatic rings. The molecule has 1 unspecified atom stereocenters. The fourth-order valence-corrected chi connectivity index (χ4v) is 4.54. The Morgan fingerprint density at radius 3 is 3.19 bits per heavy atom. The quantitative estimate of drug-likeness (QED) is 0.705. The van der Waals surface area contributed by atoms with Gasteiger partial charge in [-0.3, -0.25) is 4.79 Å². The maximum Gasteiger partial charge on any atom is 0.224 e. The van der Waals surface area contributed by atoms with Gasteiger partial charge in [-0.1, -0.05) is 6.92 Å². The average molecular weight is 385 g/mol. The van der Waals surface area contributed by atoms with E-state index in [0.717, 1.165) is 54.0 Å². The third-order valence-electron chi connectivity index (χ3n) is 5.05. The van der Waals surface area contributed by atoms with E-state index in [1.54, 1.807) is 23.9 Å². The van der Waals surface area contributed by atoms with Gasteiger partial charge in [-0.15, -0.1) is 11.3 Å². The van der Waals surface area contributed by atoms with Gasteiger partial charge in [0.25, 0.3) is 0 Å². The number of thiophene rings is 1. The molecule has 1 saturated heterocycles. The molecule has 0 bridgehead atoms. The summed E-state index contributed by atoms with van der Waals surface area (Å²) in [6.07, 6.45) is 6.93. The van der Waals surface area contributed by atoms with Crippen LogP contribution in [0, 0.1) is 5.92 Å². The summed E-state index contributed by atoms with van der Waals surface area (Å²) in [5.41, 5.74) is 0. The minimum Gasteiger partial charge on any atom is -0.469 e. The molecular formula is C20H24N4O2S. The van der Waals surface area contributed by atoms with Crippen LogP contribution in [-0.4, -0.2) is 35.5 Å². The summed E-state index contributed by atoms with van der Waals surface area (Å²) in [6.45, 7) is 4.39. The highest BCUT2D eigenvalue weighted by Gasteiger charge is 2.27. The Hall–Kier alpha value is -2.41. The van der Waals surface area contributed by atoms with E-state index >= 15 is 0 Å². The number of hydrogen-bond acceptors (Lipinski definition) is 6. The monoisotopic (exact) mass is 384 g/mol. The van der Waals surface area contributed by atoms with E-state index in [4.69, 9.17) is 4.42 Å². The predicted octanol–water partition coefficient (Wildman–Crippen LogP) is 3.42. The van der Waals surface area contributed by atoms with Crippen molar-refractivity contribution in [3.05, 3.63) is 41.4 Å². The minimum atomic E-state index is -0.00959. The standard InChI is InChI=1S/C20H24N4O2S/c1-2-16-11-17-18(22-13-23-20(17)27-16)24-9-3-5-14(12-24)19(25)21-8-7-15-6-4-10-26-15/h4,6,10-11,13-14H,2-3,5,7-9,12H2,1H3,(H,21,25). The van der Waals surface area contributed by atoms with E-state index in [2.05, 4.69) is 33.2 Å². The van der Waals surface area contributed by atoms with E-state index in [-0.39, 0.29) is 11.8 Å². The zero-order valence-electron chi connectivity index (χ0n) is 15.5. The van der Waals surface area contributed by atoms with E-state index in [1.807, 2.05) is 12.1 Å². The van der Waals surface area contributed by atoms with Crippen LogP contribution >= 0.6 is 11.3 Å². The molecule has 4 rings (SSSR count). The first-order chi connectivity index (χ1) is 13.2. The molecule has 7 heteroatoms. The summed E-state index contributed by atoms with van der Waals surface area (Å²) in [7, 11) is 0. The molecule has 0 radical (unpaired) electrons. The second-order valence-electron chi connectivity index (χ2n) is 6.89. The van der Waals surface area contributed by atoms with Crippen molar-refractivity contribution in [2.75, 3.05) is 24.5 Å². The molecule has 0 aromatic carbocycles. The highest BCUT2D eigenvalue weighted by atomic mass is 32.1. The van der Waals surface area contributed by atoms with Gasteiger partial charge in [-0.05, 0) is 37.5 Å². The van der Waals surface area contributed by atoms with Crippen LogP contribution in [0.4, 0.5) is 5.82 Å². The molecule has 142 valence electrons. The molecular weight excluding hydrogens is 360 g/mol. The molecule has 1 fully saturated rings. The summed E-state index contributed by atoms with van der Waals surface area (Å²) in [5.74, 6) is 1.97. The Kier molecular flexibility index (Phi) is 5.38.